The second kappa shape index (κ2) is 2.17. The van der Waals surface area contributed by atoms with Crippen molar-refractivity contribution < 1.29 is 4.39 Å². The predicted octanol–water partition coefficient (Wildman–Crippen LogP) is 1.52. The SMILES string of the molecule is Fc1ccnc2ncc(Cl)n12. The lowest BCUT2D eigenvalue weighted by molar-refractivity contribution is 0.564. The van der Waals surface area contributed by atoms with Crippen LogP contribution in [0.5, 0.6) is 0 Å². The van der Waals surface area contributed by atoms with Gasteiger partial charge >= 0.3 is 0 Å². The van der Waals surface area contributed by atoms with Crippen LogP contribution in [0.3, 0.4) is 0 Å². The van der Waals surface area contributed by atoms with Crippen LogP contribution in [0.2, 0.25) is 5.15 Å². The monoisotopic (exact) mass is 171 g/mol. The molecule has 0 unspecified atom stereocenters. The van der Waals surface area contributed by atoms with E-state index in [1.165, 1.54) is 18.5 Å². The maximum atomic E-state index is 12.9. The van der Waals surface area contributed by atoms with Crippen molar-refractivity contribution in [2.45, 2.75) is 0 Å². The third-order valence-corrected chi connectivity index (χ3v) is 1.58. The first-order valence-corrected chi connectivity index (χ1v) is 3.30. The quantitative estimate of drug-likeness (QED) is 0.563. The van der Waals surface area contributed by atoms with E-state index in [1.807, 2.05) is 0 Å². The normalized spacial score (nSPS) is 10.7. The van der Waals surface area contributed by atoms with Gasteiger partial charge in [0, 0.05) is 12.3 Å². The Hall–Kier alpha value is -1.16. The molecule has 2 aromatic rings. The lowest BCUT2D eigenvalue weighted by Crippen LogP contribution is -1.93. The molecule has 0 aliphatic carbocycles. The standard InChI is InChI=1S/C6H3ClFN3/c7-4-3-10-6-9-2-1-5(8)11(4)6/h1-3H. The summed E-state index contributed by atoms with van der Waals surface area (Å²) in [5, 5.41) is 0.227. The van der Waals surface area contributed by atoms with Gasteiger partial charge in [0.2, 0.25) is 11.7 Å². The van der Waals surface area contributed by atoms with Gasteiger partial charge in [0.1, 0.15) is 5.15 Å². The summed E-state index contributed by atoms with van der Waals surface area (Å²) in [4.78, 5) is 7.55. The highest BCUT2D eigenvalue weighted by atomic mass is 35.5. The van der Waals surface area contributed by atoms with Crippen LogP contribution in [-0.4, -0.2) is 14.4 Å². The Morgan fingerprint density at radius 3 is 3.00 bits per heavy atom. The summed E-state index contributed by atoms with van der Waals surface area (Å²) in [5.41, 5.74) is 0. The number of rotatable bonds is 0. The van der Waals surface area contributed by atoms with Crippen LogP contribution < -0.4 is 0 Å². The van der Waals surface area contributed by atoms with Crippen LogP contribution in [0, 0.1) is 5.95 Å². The van der Waals surface area contributed by atoms with E-state index in [0.717, 1.165) is 4.40 Å². The van der Waals surface area contributed by atoms with Crippen LogP contribution in [0.1, 0.15) is 0 Å². The van der Waals surface area contributed by atoms with Crippen molar-refractivity contribution >= 4 is 17.4 Å². The van der Waals surface area contributed by atoms with Crippen LogP contribution in [0.25, 0.3) is 5.78 Å². The molecule has 0 aromatic carbocycles. The third-order valence-electron chi connectivity index (χ3n) is 1.32. The molecule has 0 atom stereocenters. The van der Waals surface area contributed by atoms with E-state index < -0.39 is 5.95 Å². The molecule has 0 spiro atoms. The topological polar surface area (TPSA) is 30.2 Å². The summed E-state index contributed by atoms with van der Waals surface area (Å²) in [6.45, 7) is 0. The number of imidazole rings is 1. The molecule has 0 aliphatic rings. The van der Waals surface area contributed by atoms with Gasteiger partial charge in [-0.25, -0.2) is 14.4 Å². The summed E-state index contributed by atoms with van der Waals surface area (Å²) in [7, 11) is 0. The summed E-state index contributed by atoms with van der Waals surface area (Å²) < 4.78 is 14.0. The van der Waals surface area contributed by atoms with E-state index >= 15 is 0 Å². The molecule has 0 bridgehead atoms. The first kappa shape index (κ1) is 6.54. The van der Waals surface area contributed by atoms with Crippen molar-refractivity contribution in [3.63, 3.8) is 0 Å². The molecule has 2 rings (SSSR count). The molecule has 0 radical (unpaired) electrons. The fraction of sp³-hybridized carbons (Fsp3) is 0. The molecule has 56 valence electrons. The second-order valence-corrected chi connectivity index (χ2v) is 2.37. The molecular weight excluding hydrogens is 169 g/mol. The highest BCUT2D eigenvalue weighted by Gasteiger charge is 2.04. The van der Waals surface area contributed by atoms with Gasteiger partial charge in [-0.2, -0.15) is 4.39 Å². The molecule has 0 aliphatic heterocycles. The van der Waals surface area contributed by atoms with E-state index in [9.17, 15) is 4.39 Å². The molecule has 2 aromatic heterocycles. The minimum atomic E-state index is -0.461. The zero-order valence-corrected chi connectivity index (χ0v) is 6.09. The first-order chi connectivity index (χ1) is 5.29. The Labute approximate surface area is 66.5 Å². The Bertz CT molecular complexity index is 398. The summed E-state index contributed by atoms with van der Waals surface area (Å²) in [6, 6.07) is 1.22. The largest absolute Gasteiger partial charge is 0.242 e. The molecule has 0 fully saturated rings. The Balaban J connectivity index is 2.96. The van der Waals surface area contributed by atoms with Crippen molar-refractivity contribution in [1.29, 1.82) is 0 Å². The van der Waals surface area contributed by atoms with Crippen LogP contribution in [0.4, 0.5) is 4.39 Å². The average Bonchev–Trinajstić information content (AvgIpc) is 2.34. The number of aromatic nitrogens is 3. The predicted molar refractivity (Wildman–Crippen MR) is 38.0 cm³/mol. The summed E-state index contributed by atoms with van der Waals surface area (Å²) in [6.07, 6.45) is 2.70. The number of halogens is 2. The molecule has 0 saturated carbocycles. The smallest absolute Gasteiger partial charge is 0.237 e. The summed E-state index contributed by atoms with van der Waals surface area (Å²) in [5.74, 6) is -0.187. The third kappa shape index (κ3) is 0.867. The van der Waals surface area contributed by atoms with E-state index in [4.69, 9.17) is 11.6 Å². The van der Waals surface area contributed by atoms with Crippen LogP contribution in [0.15, 0.2) is 18.5 Å². The second-order valence-electron chi connectivity index (χ2n) is 1.98. The maximum absolute atomic E-state index is 12.9. The zero-order valence-electron chi connectivity index (χ0n) is 5.33. The fourth-order valence-electron chi connectivity index (χ4n) is 0.851. The van der Waals surface area contributed by atoms with Crippen molar-refractivity contribution in [2.24, 2.45) is 0 Å². The van der Waals surface area contributed by atoms with Crippen LogP contribution in [-0.2, 0) is 0 Å². The van der Waals surface area contributed by atoms with E-state index in [1.54, 1.807) is 0 Å². The van der Waals surface area contributed by atoms with Crippen molar-refractivity contribution in [2.75, 3.05) is 0 Å². The van der Waals surface area contributed by atoms with Crippen molar-refractivity contribution in [1.82, 2.24) is 14.4 Å². The fourth-order valence-corrected chi connectivity index (χ4v) is 1.06. The number of fused-ring (bicyclic) bond motifs is 1. The summed E-state index contributed by atoms with van der Waals surface area (Å²) >= 11 is 5.60. The highest BCUT2D eigenvalue weighted by molar-refractivity contribution is 6.29. The average molecular weight is 172 g/mol. The zero-order chi connectivity index (χ0) is 7.84. The Morgan fingerprint density at radius 2 is 2.27 bits per heavy atom. The van der Waals surface area contributed by atoms with Gasteiger partial charge in [-0.1, -0.05) is 11.6 Å². The molecule has 11 heavy (non-hydrogen) atoms. The van der Waals surface area contributed by atoms with E-state index in [2.05, 4.69) is 9.97 Å². The van der Waals surface area contributed by atoms with Gasteiger partial charge in [0.05, 0.1) is 6.20 Å². The first-order valence-electron chi connectivity index (χ1n) is 2.92. The number of hydrogen-bond acceptors (Lipinski definition) is 2. The maximum Gasteiger partial charge on any atom is 0.237 e. The van der Waals surface area contributed by atoms with Crippen molar-refractivity contribution in [3.05, 3.63) is 29.6 Å². The van der Waals surface area contributed by atoms with E-state index in [-0.39, 0.29) is 10.9 Å². The highest BCUT2D eigenvalue weighted by Crippen LogP contribution is 2.11. The Kier molecular flexibility index (Phi) is 1.29. The van der Waals surface area contributed by atoms with Gasteiger partial charge in [0.15, 0.2) is 0 Å². The lowest BCUT2D eigenvalue weighted by atomic mass is 10.6. The van der Waals surface area contributed by atoms with Gasteiger partial charge in [0.25, 0.3) is 0 Å². The van der Waals surface area contributed by atoms with Gasteiger partial charge < -0.3 is 0 Å². The molecule has 0 amide bonds. The van der Waals surface area contributed by atoms with Gasteiger partial charge in [-0.05, 0) is 0 Å². The van der Waals surface area contributed by atoms with Crippen LogP contribution >= 0.6 is 11.6 Å². The molecule has 3 nitrogen and oxygen atoms in total. The molecular formula is C6H3ClFN3. The lowest BCUT2D eigenvalue weighted by Gasteiger charge is -1.93. The number of nitrogens with zero attached hydrogens (tertiary/aromatic N) is 3. The molecule has 0 N–H and O–H groups in total. The minimum absolute atomic E-state index is 0.227. The molecule has 2 heterocycles. The van der Waals surface area contributed by atoms with Crippen molar-refractivity contribution in [3.8, 4) is 0 Å². The van der Waals surface area contributed by atoms with E-state index in [0.29, 0.717) is 0 Å². The number of hydrogen-bond donors (Lipinski definition) is 0. The minimum Gasteiger partial charge on any atom is -0.242 e. The molecule has 5 heteroatoms. The Morgan fingerprint density at radius 1 is 1.45 bits per heavy atom. The van der Waals surface area contributed by atoms with Gasteiger partial charge in [-0.15, -0.1) is 0 Å². The molecule has 0 saturated heterocycles. The van der Waals surface area contributed by atoms with Gasteiger partial charge in [-0.3, -0.25) is 0 Å².